The lowest BCUT2D eigenvalue weighted by Gasteiger charge is -2.28. The molecule has 1 atom stereocenters. The molecule has 3 nitrogen and oxygen atoms in total. The predicted molar refractivity (Wildman–Crippen MR) is 43.8 cm³/mol. The lowest BCUT2D eigenvalue weighted by atomic mass is 9.99. The molecule has 0 amide bonds. The van der Waals surface area contributed by atoms with Gasteiger partial charge in [-0.2, -0.15) is 5.26 Å². The van der Waals surface area contributed by atoms with Crippen molar-refractivity contribution in [1.29, 1.82) is 5.26 Å². The smallest absolute Gasteiger partial charge is 0.176 e. The van der Waals surface area contributed by atoms with E-state index in [1.54, 1.807) is 0 Å². The molecular formula is C8H15N3. The highest BCUT2D eigenvalue weighted by molar-refractivity contribution is 4.75. The summed E-state index contributed by atoms with van der Waals surface area (Å²) in [6.07, 6.45) is 4.50. The van der Waals surface area contributed by atoms with E-state index in [0.29, 0.717) is 5.92 Å². The van der Waals surface area contributed by atoms with Crippen molar-refractivity contribution in [1.82, 2.24) is 10.2 Å². The van der Waals surface area contributed by atoms with Crippen LogP contribution in [0.3, 0.4) is 0 Å². The van der Waals surface area contributed by atoms with Crippen LogP contribution < -0.4 is 5.32 Å². The molecule has 1 heterocycles. The lowest BCUT2D eigenvalue weighted by Crippen LogP contribution is -2.36. The molecule has 0 aromatic carbocycles. The Balaban J connectivity index is 2.18. The zero-order valence-corrected chi connectivity index (χ0v) is 7.01. The average molecular weight is 153 g/mol. The molecule has 1 rings (SSSR count). The molecule has 0 aromatic heterocycles. The Kier molecular flexibility index (Phi) is 3.18. The quantitative estimate of drug-likeness (QED) is 0.461. The Morgan fingerprint density at radius 3 is 3.18 bits per heavy atom. The van der Waals surface area contributed by atoms with Crippen LogP contribution >= 0.6 is 0 Å². The normalized spacial score (nSPS) is 26.0. The van der Waals surface area contributed by atoms with Crippen LogP contribution in [0.1, 0.15) is 12.8 Å². The van der Waals surface area contributed by atoms with Crippen molar-refractivity contribution in [2.45, 2.75) is 12.8 Å². The molecule has 1 unspecified atom stereocenters. The highest BCUT2D eigenvalue weighted by Gasteiger charge is 2.15. The van der Waals surface area contributed by atoms with Gasteiger partial charge in [0, 0.05) is 13.1 Å². The third-order valence-corrected chi connectivity index (χ3v) is 2.19. The summed E-state index contributed by atoms with van der Waals surface area (Å²) in [7, 11) is 2.14. The van der Waals surface area contributed by atoms with Crippen LogP contribution in [0.4, 0.5) is 0 Å². The van der Waals surface area contributed by atoms with E-state index in [4.69, 9.17) is 5.26 Å². The Hall–Kier alpha value is -0.750. The fourth-order valence-corrected chi connectivity index (χ4v) is 1.63. The molecule has 0 radical (unpaired) electrons. The summed E-state index contributed by atoms with van der Waals surface area (Å²) in [6.45, 7) is 3.19. The van der Waals surface area contributed by atoms with Crippen LogP contribution in [0.2, 0.25) is 0 Å². The zero-order valence-electron chi connectivity index (χ0n) is 7.01. The Morgan fingerprint density at radius 1 is 1.73 bits per heavy atom. The first-order valence-electron chi connectivity index (χ1n) is 4.13. The van der Waals surface area contributed by atoms with Gasteiger partial charge in [-0.15, -0.1) is 0 Å². The minimum atomic E-state index is 0.674. The van der Waals surface area contributed by atoms with Crippen LogP contribution in [-0.2, 0) is 0 Å². The van der Waals surface area contributed by atoms with Gasteiger partial charge in [0.05, 0.1) is 0 Å². The van der Waals surface area contributed by atoms with Gasteiger partial charge in [0.25, 0.3) is 0 Å². The van der Waals surface area contributed by atoms with Crippen molar-refractivity contribution in [3.63, 3.8) is 0 Å². The van der Waals surface area contributed by atoms with E-state index in [-0.39, 0.29) is 0 Å². The SMILES string of the molecule is CN1CCCC(CNC#N)C1. The summed E-state index contributed by atoms with van der Waals surface area (Å²) in [6, 6.07) is 0. The minimum absolute atomic E-state index is 0.674. The van der Waals surface area contributed by atoms with Crippen molar-refractivity contribution >= 4 is 0 Å². The maximum atomic E-state index is 8.29. The zero-order chi connectivity index (χ0) is 8.10. The average Bonchev–Trinajstić information content (AvgIpc) is 2.01. The molecule has 0 bridgehead atoms. The summed E-state index contributed by atoms with van der Waals surface area (Å²) in [4.78, 5) is 2.33. The number of likely N-dealkylation sites (tertiary alicyclic amines) is 1. The van der Waals surface area contributed by atoms with Gasteiger partial charge in [-0.1, -0.05) is 0 Å². The van der Waals surface area contributed by atoms with E-state index in [9.17, 15) is 0 Å². The van der Waals surface area contributed by atoms with Gasteiger partial charge in [-0.3, -0.25) is 0 Å². The molecule has 1 aliphatic heterocycles. The molecule has 1 fully saturated rings. The van der Waals surface area contributed by atoms with E-state index in [2.05, 4.69) is 17.3 Å². The number of nitrogens with one attached hydrogen (secondary N) is 1. The second-order valence-electron chi connectivity index (χ2n) is 3.26. The molecule has 11 heavy (non-hydrogen) atoms. The second-order valence-corrected chi connectivity index (χ2v) is 3.26. The molecule has 1 saturated heterocycles. The number of nitriles is 1. The highest BCUT2D eigenvalue weighted by Crippen LogP contribution is 2.13. The van der Waals surface area contributed by atoms with Crippen LogP contribution in [0, 0.1) is 17.4 Å². The van der Waals surface area contributed by atoms with Gasteiger partial charge in [0.2, 0.25) is 0 Å². The Bertz CT molecular complexity index is 150. The Morgan fingerprint density at radius 2 is 2.55 bits per heavy atom. The maximum absolute atomic E-state index is 8.29. The topological polar surface area (TPSA) is 39.1 Å². The first-order valence-corrected chi connectivity index (χ1v) is 4.13. The predicted octanol–water partition coefficient (Wildman–Crippen LogP) is 0.399. The molecule has 0 aromatic rings. The molecule has 3 heteroatoms. The summed E-state index contributed by atoms with van der Waals surface area (Å²) >= 11 is 0. The number of hydrogen-bond acceptors (Lipinski definition) is 3. The minimum Gasteiger partial charge on any atom is -0.324 e. The first kappa shape index (κ1) is 8.35. The lowest BCUT2D eigenvalue weighted by molar-refractivity contribution is 0.210. The van der Waals surface area contributed by atoms with E-state index >= 15 is 0 Å². The molecule has 1 aliphatic rings. The largest absolute Gasteiger partial charge is 0.324 e. The highest BCUT2D eigenvalue weighted by atomic mass is 15.1. The summed E-state index contributed by atoms with van der Waals surface area (Å²) in [5.74, 6) is 0.674. The van der Waals surface area contributed by atoms with Gasteiger partial charge in [0.15, 0.2) is 6.19 Å². The Labute approximate surface area is 68.0 Å². The summed E-state index contributed by atoms with van der Waals surface area (Å²) in [5.41, 5.74) is 0. The van der Waals surface area contributed by atoms with Gasteiger partial charge in [-0.05, 0) is 32.4 Å². The third kappa shape index (κ3) is 2.77. The standard InChI is InChI=1S/C8H15N3/c1-11-4-2-3-8(6-11)5-10-7-9/h8,10H,2-6H2,1H3. The van der Waals surface area contributed by atoms with Gasteiger partial charge >= 0.3 is 0 Å². The second kappa shape index (κ2) is 4.20. The molecule has 0 aliphatic carbocycles. The van der Waals surface area contributed by atoms with Crippen molar-refractivity contribution in [2.24, 2.45) is 5.92 Å². The first-order chi connectivity index (χ1) is 5.33. The van der Waals surface area contributed by atoms with Gasteiger partial charge in [0.1, 0.15) is 0 Å². The molecule has 0 saturated carbocycles. The van der Waals surface area contributed by atoms with Gasteiger partial charge in [-0.25, -0.2) is 0 Å². The fraction of sp³-hybridized carbons (Fsp3) is 0.875. The monoisotopic (exact) mass is 153 g/mol. The van der Waals surface area contributed by atoms with Crippen LogP contribution in [0.5, 0.6) is 0 Å². The van der Waals surface area contributed by atoms with Crippen LogP contribution in [0.15, 0.2) is 0 Å². The number of piperidine rings is 1. The van der Waals surface area contributed by atoms with Crippen LogP contribution in [0.25, 0.3) is 0 Å². The van der Waals surface area contributed by atoms with Gasteiger partial charge < -0.3 is 10.2 Å². The number of hydrogen-bond donors (Lipinski definition) is 1. The fourth-order valence-electron chi connectivity index (χ4n) is 1.63. The van der Waals surface area contributed by atoms with E-state index in [1.165, 1.54) is 19.4 Å². The summed E-state index contributed by atoms with van der Waals surface area (Å²) in [5, 5.41) is 11.0. The third-order valence-electron chi connectivity index (χ3n) is 2.19. The maximum Gasteiger partial charge on any atom is 0.176 e. The van der Waals surface area contributed by atoms with Crippen molar-refractivity contribution in [3.8, 4) is 6.19 Å². The van der Waals surface area contributed by atoms with Crippen molar-refractivity contribution in [3.05, 3.63) is 0 Å². The number of rotatable bonds is 2. The van der Waals surface area contributed by atoms with Crippen molar-refractivity contribution in [2.75, 3.05) is 26.7 Å². The number of nitrogens with zero attached hydrogens (tertiary/aromatic N) is 2. The van der Waals surface area contributed by atoms with Crippen LogP contribution in [-0.4, -0.2) is 31.6 Å². The van der Waals surface area contributed by atoms with Crippen molar-refractivity contribution < 1.29 is 0 Å². The van der Waals surface area contributed by atoms with E-state index in [1.807, 2.05) is 6.19 Å². The van der Waals surface area contributed by atoms with E-state index in [0.717, 1.165) is 13.1 Å². The summed E-state index contributed by atoms with van der Waals surface area (Å²) < 4.78 is 0. The molecule has 1 N–H and O–H groups in total. The molecular weight excluding hydrogens is 138 g/mol. The van der Waals surface area contributed by atoms with E-state index < -0.39 is 0 Å². The molecule has 62 valence electrons. The molecule has 0 spiro atoms.